The van der Waals surface area contributed by atoms with Crippen LogP contribution in [0.4, 0.5) is 0 Å². The van der Waals surface area contributed by atoms with Crippen molar-refractivity contribution in [2.75, 3.05) is 6.61 Å². The van der Waals surface area contributed by atoms with Crippen molar-refractivity contribution in [2.24, 2.45) is 0 Å². The molecular formula is C14H23N3O. The van der Waals surface area contributed by atoms with E-state index in [0.717, 1.165) is 25.3 Å². The number of nitrogens with zero attached hydrogens (tertiary/aromatic N) is 2. The lowest BCUT2D eigenvalue weighted by Gasteiger charge is -2.06. The van der Waals surface area contributed by atoms with E-state index in [1.165, 1.54) is 32.1 Å². The van der Waals surface area contributed by atoms with Crippen LogP contribution in [0.1, 0.15) is 51.1 Å². The summed E-state index contributed by atoms with van der Waals surface area (Å²) in [4.78, 5) is 8.61. The highest BCUT2D eigenvalue weighted by Gasteiger charge is 2.20. The number of ether oxygens (including phenoxy) is 1. The van der Waals surface area contributed by atoms with Crippen LogP contribution in [0.15, 0.2) is 12.4 Å². The molecule has 1 aromatic heterocycles. The van der Waals surface area contributed by atoms with Crippen LogP contribution >= 0.6 is 0 Å². The van der Waals surface area contributed by atoms with E-state index in [9.17, 15) is 0 Å². The van der Waals surface area contributed by atoms with Crippen LogP contribution in [0.5, 0.6) is 5.88 Å². The van der Waals surface area contributed by atoms with Crippen LogP contribution in [0.25, 0.3) is 0 Å². The van der Waals surface area contributed by atoms with Gasteiger partial charge in [-0.1, -0.05) is 26.2 Å². The molecule has 1 N–H and O–H groups in total. The zero-order chi connectivity index (χ0) is 12.6. The van der Waals surface area contributed by atoms with Crippen molar-refractivity contribution in [2.45, 2.75) is 58.0 Å². The maximum absolute atomic E-state index is 5.55. The number of nitrogens with one attached hydrogen (secondary N) is 1. The number of hydrogen-bond acceptors (Lipinski definition) is 4. The molecule has 1 heterocycles. The summed E-state index contributed by atoms with van der Waals surface area (Å²) in [6.07, 6.45) is 11.0. The Morgan fingerprint density at radius 3 is 2.78 bits per heavy atom. The second-order valence-corrected chi connectivity index (χ2v) is 4.91. The summed E-state index contributed by atoms with van der Waals surface area (Å²) in [5.41, 5.74) is 0.986. The standard InChI is InChI=1S/C14H23N3O/c1-2-3-4-5-8-18-14-11-16-13(10-17-14)9-15-12-6-7-12/h10-12,15H,2-9H2,1H3. The van der Waals surface area contributed by atoms with E-state index in [1.807, 2.05) is 0 Å². The average Bonchev–Trinajstić information content (AvgIpc) is 3.22. The lowest BCUT2D eigenvalue weighted by molar-refractivity contribution is 0.292. The molecule has 1 fully saturated rings. The third kappa shape index (κ3) is 5.00. The van der Waals surface area contributed by atoms with Gasteiger partial charge in [0.1, 0.15) is 0 Å². The summed E-state index contributed by atoms with van der Waals surface area (Å²) >= 11 is 0. The van der Waals surface area contributed by atoms with Crippen LogP contribution in [0, 0.1) is 0 Å². The zero-order valence-electron chi connectivity index (χ0n) is 11.2. The largest absolute Gasteiger partial charge is 0.477 e. The Bertz CT molecular complexity index is 335. The van der Waals surface area contributed by atoms with Crippen molar-refractivity contribution in [1.29, 1.82) is 0 Å². The van der Waals surface area contributed by atoms with Gasteiger partial charge in [-0.3, -0.25) is 4.98 Å². The first-order valence-electron chi connectivity index (χ1n) is 7.05. The van der Waals surface area contributed by atoms with Crippen LogP contribution in [-0.4, -0.2) is 22.6 Å². The summed E-state index contributed by atoms with van der Waals surface area (Å²) in [6, 6.07) is 0.710. The third-order valence-corrected chi connectivity index (χ3v) is 3.08. The third-order valence-electron chi connectivity index (χ3n) is 3.08. The molecule has 0 unspecified atom stereocenters. The molecule has 1 aromatic rings. The Morgan fingerprint density at radius 2 is 2.11 bits per heavy atom. The van der Waals surface area contributed by atoms with Gasteiger partial charge in [-0.2, -0.15) is 0 Å². The molecule has 1 saturated carbocycles. The highest BCUT2D eigenvalue weighted by molar-refractivity contribution is 5.07. The first kappa shape index (κ1) is 13.3. The van der Waals surface area contributed by atoms with E-state index in [2.05, 4.69) is 22.2 Å². The summed E-state index contributed by atoms with van der Waals surface area (Å²) in [5.74, 6) is 0.640. The minimum Gasteiger partial charge on any atom is -0.477 e. The van der Waals surface area contributed by atoms with Crippen LogP contribution in [-0.2, 0) is 6.54 Å². The molecule has 0 aromatic carbocycles. The predicted octanol–water partition coefficient (Wildman–Crippen LogP) is 2.69. The second kappa shape index (κ2) is 7.31. The number of unbranched alkanes of at least 4 members (excludes halogenated alkanes) is 3. The molecular weight excluding hydrogens is 226 g/mol. The summed E-state index contributed by atoms with van der Waals surface area (Å²) < 4.78 is 5.55. The van der Waals surface area contributed by atoms with Gasteiger partial charge in [-0.25, -0.2) is 4.98 Å². The van der Waals surface area contributed by atoms with Crippen molar-refractivity contribution in [3.8, 4) is 5.88 Å². The molecule has 4 nitrogen and oxygen atoms in total. The van der Waals surface area contributed by atoms with Gasteiger partial charge in [0.05, 0.1) is 24.7 Å². The first-order chi connectivity index (χ1) is 8.88. The van der Waals surface area contributed by atoms with Crippen LogP contribution in [0.2, 0.25) is 0 Å². The predicted molar refractivity (Wildman–Crippen MR) is 71.5 cm³/mol. The van der Waals surface area contributed by atoms with Crippen LogP contribution < -0.4 is 10.1 Å². The van der Waals surface area contributed by atoms with Crippen molar-refractivity contribution in [3.63, 3.8) is 0 Å². The number of aromatic nitrogens is 2. The molecule has 100 valence electrons. The Hall–Kier alpha value is -1.16. The maximum atomic E-state index is 5.55. The summed E-state index contributed by atoms with van der Waals surface area (Å²) in [7, 11) is 0. The highest BCUT2D eigenvalue weighted by Crippen LogP contribution is 2.19. The monoisotopic (exact) mass is 249 g/mol. The molecule has 18 heavy (non-hydrogen) atoms. The highest BCUT2D eigenvalue weighted by atomic mass is 16.5. The minimum absolute atomic E-state index is 0.640. The molecule has 4 heteroatoms. The van der Waals surface area contributed by atoms with E-state index in [0.29, 0.717) is 11.9 Å². The molecule has 0 amide bonds. The molecule has 1 aliphatic carbocycles. The minimum atomic E-state index is 0.640. The summed E-state index contributed by atoms with van der Waals surface area (Å²) in [5, 5.41) is 3.42. The quantitative estimate of drug-likeness (QED) is 0.684. The van der Waals surface area contributed by atoms with E-state index in [1.54, 1.807) is 12.4 Å². The van der Waals surface area contributed by atoms with Crippen molar-refractivity contribution in [3.05, 3.63) is 18.1 Å². The summed E-state index contributed by atoms with van der Waals surface area (Å²) in [6.45, 7) is 3.77. The van der Waals surface area contributed by atoms with E-state index >= 15 is 0 Å². The van der Waals surface area contributed by atoms with Crippen LogP contribution in [0.3, 0.4) is 0 Å². The Morgan fingerprint density at radius 1 is 1.22 bits per heavy atom. The topological polar surface area (TPSA) is 47.0 Å². The van der Waals surface area contributed by atoms with Crippen molar-refractivity contribution >= 4 is 0 Å². The number of rotatable bonds is 9. The second-order valence-electron chi connectivity index (χ2n) is 4.91. The van der Waals surface area contributed by atoms with Gasteiger partial charge in [0.15, 0.2) is 0 Å². The zero-order valence-corrected chi connectivity index (χ0v) is 11.2. The van der Waals surface area contributed by atoms with E-state index in [-0.39, 0.29) is 0 Å². The number of hydrogen-bond donors (Lipinski definition) is 1. The van der Waals surface area contributed by atoms with Gasteiger partial charge in [-0.15, -0.1) is 0 Å². The fraction of sp³-hybridized carbons (Fsp3) is 0.714. The fourth-order valence-electron chi connectivity index (χ4n) is 1.75. The maximum Gasteiger partial charge on any atom is 0.232 e. The Balaban J connectivity index is 1.63. The Kier molecular flexibility index (Phi) is 5.39. The molecule has 0 spiro atoms. The fourth-order valence-corrected chi connectivity index (χ4v) is 1.75. The normalized spacial score (nSPS) is 14.7. The molecule has 2 rings (SSSR count). The smallest absolute Gasteiger partial charge is 0.232 e. The molecule has 0 atom stereocenters. The molecule has 0 bridgehead atoms. The van der Waals surface area contributed by atoms with Gasteiger partial charge in [0.2, 0.25) is 5.88 Å². The van der Waals surface area contributed by atoms with Gasteiger partial charge in [0, 0.05) is 12.6 Å². The van der Waals surface area contributed by atoms with Gasteiger partial charge in [-0.05, 0) is 19.3 Å². The van der Waals surface area contributed by atoms with Crippen molar-refractivity contribution < 1.29 is 4.74 Å². The van der Waals surface area contributed by atoms with Gasteiger partial charge in [0.25, 0.3) is 0 Å². The molecule has 0 radical (unpaired) electrons. The molecule has 0 aliphatic heterocycles. The first-order valence-corrected chi connectivity index (χ1v) is 7.05. The SMILES string of the molecule is CCCCCCOc1cnc(CNC2CC2)cn1. The molecule has 0 saturated heterocycles. The van der Waals surface area contributed by atoms with Gasteiger partial charge < -0.3 is 10.1 Å². The average molecular weight is 249 g/mol. The Labute approximate surface area is 109 Å². The van der Waals surface area contributed by atoms with E-state index < -0.39 is 0 Å². The van der Waals surface area contributed by atoms with E-state index in [4.69, 9.17) is 4.74 Å². The molecule has 1 aliphatic rings. The van der Waals surface area contributed by atoms with Gasteiger partial charge >= 0.3 is 0 Å². The van der Waals surface area contributed by atoms with Crippen molar-refractivity contribution in [1.82, 2.24) is 15.3 Å². The lowest BCUT2D eigenvalue weighted by Crippen LogP contribution is -2.16. The lowest BCUT2D eigenvalue weighted by atomic mass is 10.2.